The molecule has 0 saturated carbocycles. The highest BCUT2D eigenvalue weighted by atomic mass is 31.2. The van der Waals surface area contributed by atoms with Crippen LogP contribution in [0.1, 0.15) is 363 Å². The molecular weight excluding hydrogens is 1200 g/mol. The predicted molar refractivity (Wildman–Crippen MR) is 368 cm³/mol. The molecule has 7 atom stereocenters. The van der Waals surface area contributed by atoms with E-state index in [2.05, 4.69) is 48.5 Å². The van der Waals surface area contributed by atoms with Crippen LogP contribution < -0.4 is 0 Å². The van der Waals surface area contributed by atoms with Gasteiger partial charge in [0.15, 0.2) is 12.2 Å². The number of phosphoric acid groups is 2. The molecule has 0 rings (SSSR count). The van der Waals surface area contributed by atoms with Crippen molar-refractivity contribution in [3.63, 3.8) is 0 Å². The number of aliphatic hydroxyl groups is 1. The van der Waals surface area contributed by atoms with Crippen molar-refractivity contribution in [2.45, 2.75) is 381 Å². The van der Waals surface area contributed by atoms with Gasteiger partial charge in [-0.15, -0.1) is 0 Å². The van der Waals surface area contributed by atoms with Gasteiger partial charge < -0.3 is 33.8 Å². The third-order valence-corrected chi connectivity index (χ3v) is 19.3. The number of carbonyl (C=O) groups excluding carboxylic acids is 4. The second-order valence-electron chi connectivity index (χ2n) is 26.9. The Kier molecular flexibility index (Phi) is 61.5. The second kappa shape index (κ2) is 62.8. The van der Waals surface area contributed by atoms with Gasteiger partial charge in [0.05, 0.1) is 26.4 Å². The number of hydrogen-bond acceptors (Lipinski definition) is 15. The van der Waals surface area contributed by atoms with Crippen molar-refractivity contribution in [3.8, 4) is 0 Å². The number of rotatable bonds is 70. The van der Waals surface area contributed by atoms with E-state index in [1.165, 1.54) is 167 Å². The monoisotopic (exact) mass is 1340 g/mol. The molecule has 0 aliphatic carbocycles. The van der Waals surface area contributed by atoms with Crippen LogP contribution in [-0.4, -0.2) is 96.7 Å². The van der Waals surface area contributed by atoms with E-state index < -0.39 is 97.5 Å². The first-order chi connectivity index (χ1) is 43.8. The molecule has 0 aliphatic heterocycles. The normalized spacial score (nSPS) is 14.8. The van der Waals surface area contributed by atoms with Crippen molar-refractivity contribution < 1.29 is 80.2 Å². The first-order valence-corrected chi connectivity index (χ1v) is 40.4. The molecule has 0 aliphatic rings. The van der Waals surface area contributed by atoms with Crippen molar-refractivity contribution in [2.75, 3.05) is 39.6 Å². The molecule has 0 aromatic heterocycles. The van der Waals surface area contributed by atoms with Gasteiger partial charge in [0.2, 0.25) is 0 Å². The first kappa shape index (κ1) is 89.1. The molecule has 0 heterocycles. The van der Waals surface area contributed by atoms with Crippen LogP contribution in [0.25, 0.3) is 0 Å². The molecule has 0 saturated heterocycles. The Morgan fingerprint density at radius 3 is 0.835 bits per heavy atom. The van der Waals surface area contributed by atoms with E-state index in [-0.39, 0.29) is 25.7 Å². The molecule has 0 spiro atoms. The summed E-state index contributed by atoms with van der Waals surface area (Å²) in [6.45, 7) is 11.8. The number of ether oxygens (including phenoxy) is 4. The number of esters is 4. The van der Waals surface area contributed by atoms with Gasteiger partial charge in [-0.05, 0) is 43.4 Å². The molecule has 0 amide bonds. The van der Waals surface area contributed by atoms with Crippen molar-refractivity contribution in [1.82, 2.24) is 0 Å². The Morgan fingerprint density at radius 2 is 0.560 bits per heavy atom. The Hall–Kier alpha value is -1.94. The lowest BCUT2D eigenvalue weighted by atomic mass is 9.99. The van der Waals surface area contributed by atoms with E-state index in [1.54, 1.807) is 0 Å². The van der Waals surface area contributed by atoms with Crippen molar-refractivity contribution >= 4 is 39.5 Å². The minimum Gasteiger partial charge on any atom is -0.462 e. The third-order valence-electron chi connectivity index (χ3n) is 17.4. The van der Waals surface area contributed by atoms with Crippen LogP contribution in [0.5, 0.6) is 0 Å². The largest absolute Gasteiger partial charge is 0.472 e. The molecule has 91 heavy (non-hydrogen) atoms. The van der Waals surface area contributed by atoms with Crippen LogP contribution in [0, 0.1) is 17.8 Å². The number of phosphoric ester groups is 2. The summed E-state index contributed by atoms with van der Waals surface area (Å²) in [5.74, 6) is 0.170. The van der Waals surface area contributed by atoms with Crippen molar-refractivity contribution in [2.24, 2.45) is 17.8 Å². The molecule has 540 valence electrons. The van der Waals surface area contributed by atoms with Gasteiger partial charge in [-0.25, -0.2) is 9.13 Å². The summed E-state index contributed by atoms with van der Waals surface area (Å²) in [5, 5.41) is 10.6. The summed E-state index contributed by atoms with van der Waals surface area (Å²) in [4.78, 5) is 72.6. The molecule has 0 radical (unpaired) electrons. The Labute approximate surface area is 556 Å². The maximum Gasteiger partial charge on any atom is 0.472 e. The molecular formula is C72H140O17P2. The summed E-state index contributed by atoms with van der Waals surface area (Å²) < 4.78 is 68.3. The first-order valence-electron chi connectivity index (χ1n) is 37.4. The smallest absolute Gasteiger partial charge is 0.462 e. The highest BCUT2D eigenvalue weighted by molar-refractivity contribution is 7.47. The molecule has 19 heteroatoms. The maximum absolute atomic E-state index is 13.0. The van der Waals surface area contributed by atoms with Gasteiger partial charge in [-0.1, -0.05) is 312 Å². The molecule has 3 N–H and O–H groups in total. The van der Waals surface area contributed by atoms with Crippen LogP contribution in [0.4, 0.5) is 0 Å². The standard InChI is InChI=1S/C72H140O17P2/c1-8-11-12-13-14-15-16-22-25-31-39-46-53-69(74)82-59-67(88-71(76)55-48-41-32-26-23-20-18-17-19-21-24-30-37-44-51-64(6)9-2)61-86-90(78,79)84-57-66(73)58-85-91(80,81)87-62-68(60-83-70(75)54-47-40-35-34-38-45-52-65(7)10-3)89-72(77)56-49-42-33-28-27-29-36-43-50-63(4)5/h63-68,73H,8-62H2,1-7H3,(H,78,79)(H,80,81)/t64?,65?,66-,67-,68-/m1/s1. The minimum absolute atomic E-state index is 0.103. The fourth-order valence-corrected chi connectivity index (χ4v) is 12.4. The number of unbranched alkanes of at least 4 members (excludes halogenated alkanes) is 36. The summed E-state index contributed by atoms with van der Waals surface area (Å²) in [6, 6.07) is 0. The molecule has 0 bridgehead atoms. The Morgan fingerprint density at radius 1 is 0.319 bits per heavy atom. The fourth-order valence-electron chi connectivity index (χ4n) is 10.8. The zero-order chi connectivity index (χ0) is 67.3. The summed E-state index contributed by atoms with van der Waals surface area (Å²) in [5.41, 5.74) is 0. The average molecular weight is 1340 g/mol. The van der Waals surface area contributed by atoms with E-state index in [0.29, 0.717) is 25.7 Å². The summed E-state index contributed by atoms with van der Waals surface area (Å²) in [6.07, 6.45) is 47.2. The molecule has 4 unspecified atom stereocenters. The van der Waals surface area contributed by atoms with E-state index in [0.717, 1.165) is 114 Å². The van der Waals surface area contributed by atoms with Crippen LogP contribution in [0.3, 0.4) is 0 Å². The number of aliphatic hydroxyl groups excluding tert-OH is 1. The average Bonchev–Trinajstić information content (AvgIpc) is 3.66. The van der Waals surface area contributed by atoms with E-state index in [4.69, 9.17) is 37.0 Å². The molecule has 0 aromatic carbocycles. The summed E-state index contributed by atoms with van der Waals surface area (Å²) in [7, 11) is -9.90. The highest BCUT2D eigenvalue weighted by Gasteiger charge is 2.30. The quantitative estimate of drug-likeness (QED) is 0.0222. The van der Waals surface area contributed by atoms with Gasteiger partial charge in [0, 0.05) is 25.7 Å². The number of carbonyl (C=O) groups is 4. The second-order valence-corrected chi connectivity index (χ2v) is 29.8. The van der Waals surface area contributed by atoms with Crippen molar-refractivity contribution in [3.05, 3.63) is 0 Å². The highest BCUT2D eigenvalue weighted by Crippen LogP contribution is 2.45. The topological polar surface area (TPSA) is 237 Å². The third kappa shape index (κ3) is 63.9. The van der Waals surface area contributed by atoms with Crippen LogP contribution in [0.15, 0.2) is 0 Å². The lowest BCUT2D eigenvalue weighted by molar-refractivity contribution is -0.161. The van der Waals surface area contributed by atoms with Gasteiger partial charge >= 0.3 is 39.5 Å². The molecule has 0 aromatic rings. The zero-order valence-electron chi connectivity index (χ0n) is 59.3. The van der Waals surface area contributed by atoms with Gasteiger partial charge in [-0.2, -0.15) is 0 Å². The zero-order valence-corrected chi connectivity index (χ0v) is 61.1. The van der Waals surface area contributed by atoms with Gasteiger partial charge in [-0.3, -0.25) is 37.3 Å². The SMILES string of the molecule is CCCCCCCCCCCCCCC(=O)OC[C@H](COP(=O)(O)OC[C@@H](O)COP(=O)(O)OC[C@@H](COC(=O)CCCCCCCCC(C)CC)OC(=O)CCCCCCCCCCC(C)C)OC(=O)CCCCCCCCCCCCCCCCC(C)CC. The Balaban J connectivity index is 5.24. The fraction of sp³-hybridized carbons (Fsp3) is 0.944. The predicted octanol–water partition coefficient (Wildman–Crippen LogP) is 20.6. The van der Waals surface area contributed by atoms with Crippen molar-refractivity contribution in [1.29, 1.82) is 0 Å². The van der Waals surface area contributed by atoms with Crippen LogP contribution >= 0.6 is 15.6 Å². The Bertz CT molecular complexity index is 1790. The molecule has 17 nitrogen and oxygen atoms in total. The van der Waals surface area contributed by atoms with E-state index in [1.807, 2.05) is 0 Å². The summed E-state index contributed by atoms with van der Waals surface area (Å²) >= 11 is 0. The maximum atomic E-state index is 13.0. The van der Waals surface area contributed by atoms with Crippen LogP contribution in [-0.2, 0) is 65.4 Å². The minimum atomic E-state index is -4.95. The molecule has 0 fully saturated rings. The van der Waals surface area contributed by atoms with Gasteiger partial charge in [0.25, 0.3) is 0 Å². The lowest BCUT2D eigenvalue weighted by Gasteiger charge is -2.21. The lowest BCUT2D eigenvalue weighted by Crippen LogP contribution is -2.30. The van der Waals surface area contributed by atoms with E-state index in [9.17, 15) is 43.2 Å². The van der Waals surface area contributed by atoms with Crippen LogP contribution in [0.2, 0.25) is 0 Å². The van der Waals surface area contributed by atoms with Gasteiger partial charge in [0.1, 0.15) is 19.3 Å². The number of hydrogen-bond donors (Lipinski definition) is 3. The van der Waals surface area contributed by atoms with E-state index >= 15 is 0 Å².